The Morgan fingerprint density at radius 1 is 1.42 bits per heavy atom. The van der Waals surface area contributed by atoms with Crippen LogP contribution in [-0.4, -0.2) is 18.5 Å². The topological polar surface area (TPSA) is 41.1 Å². The summed E-state index contributed by atoms with van der Waals surface area (Å²) in [6.07, 6.45) is 3.67. The van der Waals surface area contributed by atoms with Crippen LogP contribution >= 0.6 is 0 Å². The Hall–Kier alpha value is -1.42. The fourth-order valence-electron chi connectivity index (χ4n) is 1.95. The lowest BCUT2D eigenvalue weighted by Crippen LogP contribution is -2.26. The highest BCUT2D eigenvalue weighted by Crippen LogP contribution is 2.18. The highest BCUT2D eigenvalue weighted by Gasteiger charge is 2.22. The van der Waals surface area contributed by atoms with E-state index >= 15 is 0 Å². The molecule has 104 valence electrons. The van der Waals surface area contributed by atoms with Crippen molar-refractivity contribution in [1.29, 1.82) is 0 Å². The minimum atomic E-state index is -0.166. The number of hydrogen-bond donors (Lipinski definition) is 2. The number of aryl methyl sites for hydroxylation is 1. The summed E-state index contributed by atoms with van der Waals surface area (Å²) in [6, 6.07) is 5.58. The molecule has 0 spiro atoms. The number of hydrogen-bond acceptors (Lipinski definition) is 2. The Kier molecular flexibility index (Phi) is 4.91. The van der Waals surface area contributed by atoms with E-state index in [-0.39, 0.29) is 11.7 Å². The van der Waals surface area contributed by atoms with E-state index in [1.54, 1.807) is 13.0 Å². The van der Waals surface area contributed by atoms with Crippen molar-refractivity contribution in [2.75, 3.05) is 6.54 Å². The van der Waals surface area contributed by atoms with Crippen LogP contribution in [0.2, 0.25) is 0 Å². The molecule has 2 N–H and O–H groups in total. The summed E-state index contributed by atoms with van der Waals surface area (Å²) in [5.74, 6) is -0.0116. The second kappa shape index (κ2) is 6.66. The average molecular weight is 264 g/mol. The molecule has 1 fully saturated rings. The summed E-state index contributed by atoms with van der Waals surface area (Å²) in [7, 11) is 0. The van der Waals surface area contributed by atoms with Gasteiger partial charge in [0.2, 0.25) is 5.91 Å². The summed E-state index contributed by atoms with van der Waals surface area (Å²) in [6.45, 7) is 3.28. The molecule has 0 saturated heterocycles. The number of nitrogens with one attached hydrogen (secondary N) is 2. The molecule has 1 aromatic rings. The Balaban J connectivity index is 1.58. The summed E-state index contributed by atoms with van der Waals surface area (Å²) >= 11 is 0. The Morgan fingerprint density at radius 2 is 2.21 bits per heavy atom. The molecule has 1 amide bonds. The van der Waals surface area contributed by atoms with Gasteiger partial charge in [-0.1, -0.05) is 12.1 Å². The molecule has 0 radical (unpaired) electrons. The van der Waals surface area contributed by atoms with Crippen LogP contribution in [0.4, 0.5) is 4.39 Å². The summed E-state index contributed by atoms with van der Waals surface area (Å²) < 4.78 is 13.1. The van der Waals surface area contributed by atoms with E-state index in [9.17, 15) is 9.18 Å². The number of amides is 1. The molecule has 0 aromatic heterocycles. The zero-order chi connectivity index (χ0) is 13.7. The Labute approximate surface area is 113 Å². The second-order valence-electron chi connectivity index (χ2n) is 5.21. The normalized spacial score (nSPS) is 14.4. The molecule has 0 bridgehead atoms. The van der Waals surface area contributed by atoms with E-state index in [1.165, 1.54) is 6.07 Å². The number of carbonyl (C=O) groups excluding carboxylic acids is 1. The maximum Gasteiger partial charge on any atom is 0.220 e. The van der Waals surface area contributed by atoms with Gasteiger partial charge in [0.1, 0.15) is 5.82 Å². The summed E-state index contributed by atoms with van der Waals surface area (Å²) in [5, 5.41) is 6.24. The second-order valence-corrected chi connectivity index (χ2v) is 5.21. The molecule has 2 rings (SSSR count). The summed E-state index contributed by atoms with van der Waals surface area (Å²) in [5.41, 5.74) is 1.74. The molecule has 1 aromatic carbocycles. The number of carbonyl (C=O) groups is 1. The van der Waals surface area contributed by atoms with Gasteiger partial charge in [0.15, 0.2) is 0 Å². The predicted octanol–water partition coefficient (Wildman–Crippen LogP) is 2.28. The van der Waals surface area contributed by atoms with E-state index in [4.69, 9.17) is 0 Å². The molecule has 4 heteroatoms. The largest absolute Gasteiger partial charge is 0.353 e. The predicted molar refractivity (Wildman–Crippen MR) is 73.2 cm³/mol. The fraction of sp³-hybridized carbons (Fsp3) is 0.533. The van der Waals surface area contributed by atoms with Gasteiger partial charge in [0, 0.05) is 19.0 Å². The first-order chi connectivity index (χ1) is 9.15. The van der Waals surface area contributed by atoms with Crippen LogP contribution in [-0.2, 0) is 11.3 Å². The van der Waals surface area contributed by atoms with Gasteiger partial charge in [-0.3, -0.25) is 4.79 Å². The van der Waals surface area contributed by atoms with Crippen molar-refractivity contribution in [2.24, 2.45) is 0 Å². The van der Waals surface area contributed by atoms with Crippen molar-refractivity contribution in [3.05, 3.63) is 35.1 Å². The molecular formula is C15H21FN2O. The van der Waals surface area contributed by atoms with Crippen molar-refractivity contribution in [1.82, 2.24) is 10.6 Å². The van der Waals surface area contributed by atoms with Crippen molar-refractivity contribution >= 4 is 5.91 Å². The molecule has 0 atom stereocenters. The SMILES string of the molecule is Cc1cc(CNCCCC(=O)NC2CC2)ccc1F. The minimum absolute atomic E-state index is 0.155. The van der Waals surface area contributed by atoms with E-state index in [0.29, 0.717) is 24.6 Å². The maximum atomic E-state index is 13.1. The summed E-state index contributed by atoms with van der Waals surface area (Å²) in [4.78, 5) is 11.4. The number of benzene rings is 1. The van der Waals surface area contributed by atoms with Gasteiger partial charge in [-0.15, -0.1) is 0 Å². The van der Waals surface area contributed by atoms with Crippen LogP contribution in [0.15, 0.2) is 18.2 Å². The molecule has 1 saturated carbocycles. The van der Waals surface area contributed by atoms with Gasteiger partial charge < -0.3 is 10.6 Å². The zero-order valence-electron chi connectivity index (χ0n) is 11.3. The molecular weight excluding hydrogens is 243 g/mol. The van der Waals surface area contributed by atoms with Crippen LogP contribution in [0, 0.1) is 12.7 Å². The molecule has 1 aliphatic carbocycles. The maximum absolute atomic E-state index is 13.1. The molecule has 3 nitrogen and oxygen atoms in total. The third-order valence-electron chi connectivity index (χ3n) is 3.25. The first kappa shape index (κ1) is 14.0. The highest BCUT2D eigenvalue weighted by atomic mass is 19.1. The molecule has 0 unspecified atom stereocenters. The number of rotatable bonds is 7. The van der Waals surface area contributed by atoms with Gasteiger partial charge in [-0.2, -0.15) is 0 Å². The van der Waals surface area contributed by atoms with E-state index in [1.807, 2.05) is 6.07 Å². The van der Waals surface area contributed by atoms with Crippen LogP contribution < -0.4 is 10.6 Å². The fourth-order valence-corrected chi connectivity index (χ4v) is 1.95. The third-order valence-corrected chi connectivity index (χ3v) is 3.25. The smallest absolute Gasteiger partial charge is 0.220 e. The van der Waals surface area contributed by atoms with Crippen molar-refractivity contribution < 1.29 is 9.18 Å². The number of halogens is 1. The van der Waals surface area contributed by atoms with E-state index < -0.39 is 0 Å². The lowest BCUT2D eigenvalue weighted by molar-refractivity contribution is -0.121. The zero-order valence-corrected chi connectivity index (χ0v) is 11.3. The van der Waals surface area contributed by atoms with Crippen molar-refractivity contribution in [3.63, 3.8) is 0 Å². The van der Waals surface area contributed by atoms with Crippen molar-refractivity contribution in [2.45, 2.75) is 45.2 Å². The molecule has 0 heterocycles. The van der Waals surface area contributed by atoms with E-state index in [0.717, 1.165) is 31.4 Å². The Morgan fingerprint density at radius 3 is 2.89 bits per heavy atom. The first-order valence-corrected chi connectivity index (χ1v) is 6.90. The third kappa shape index (κ3) is 4.99. The van der Waals surface area contributed by atoms with Crippen LogP contribution in [0.3, 0.4) is 0 Å². The average Bonchev–Trinajstić information content (AvgIpc) is 3.17. The minimum Gasteiger partial charge on any atom is -0.353 e. The van der Waals surface area contributed by atoms with Gasteiger partial charge in [0.25, 0.3) is 0 Å². The lowest BCUT2D eigenvalue weighted by atomic mass is 10.1. The van der Waals surface area contributed by atoms with Crippen molar-refractivity contribution in [3.8, 4) is 0 Å². The van der Waals surface area contributed by atoms with E-state index in [2.05, 4.69) is 10.6 Å². The molecule has 1 aliphatic rings. The standard InChI is InChI=1S/C15H21FN2O/c1-11-9-12(4-7-14(11)16)10-17-8-2-3-15(19)18-13-5-6-13/h4,7,9,13,17H,2-3,5-6,8,10H2,1H3,(H,18,19). The quantitative estimate of drug-likeness (QED) is 0.742. The Bertz CT molecular complexity index is 444. The highest BCUT2D eigenvalue weighted by molar-refractivity contribution is 5.76. The lowest BCUT2D eigenvalue weighted by Gasteiger charge is -2.06. The first-order valence-electron chi connectivity index (χ1n) is 6.90. The van der Waals surface area contributed by atoms with Crippen LogP contribution in [0.5, 0.6) is 0 Å². The van der Waals surface area contributed by atoms with Gasteiger partial charge in [0.05, 0.1) is 0 Å². The van der Waals surface area contributed by atoms with Gasteiger partial charge in [-0.05, 0) is 49.9 Å². The van der Waals surface area contributed by atoms with Gasteiger partial charge >= 0.3 is 0 Å². The monoisotopic (exact) mass is 264 g/mol. The van der Waals surface area contributed by atoms with Crippen LogP contribution in [0.25, 0.3) is 0 Å². The molecule has 19 heavy (non-hydrogen) atoms. The van der Waals surface area contributed by atoms with Gasteiger partial charge in [-0.25, -0.2) is 4.39 Å². The van der Waals surface area contributed by atoms with Crippen LogP contribution in [0.1, 0.15) is 36.8 Å². The molecule has 0 aliphatic heterocycles.